The molecule has 0 radical (unpaired) electrons. The van der Waals surface area contributed by atoms with E-state index in [9.17, 15) is 19.2 Å². The first kappa shape index (κ1) is 19.2. The number of rotatable bonds is 5. The molecule has 0 bridgehead atoms. The fraction of sp³-hybridized carbons (Fsp3) is 0.524. The van der Waals surface area contributed by atoms with Crippen LogP contribution in [0, 0.1) is 11.8 Å². The van der Waals surface area contributed by atoms with Crippen LogP contribution in [0.1, 0.15) is 31.2 Å². The second kappa shape index (κ2) is 6.88. The minimum absolute atomic E-state index is 0.0629. The van der Waals surface area contributed by atoms with Crippen LogP contribution in [0.3, 0.4) is 0 Å². The summed E-state index contributed by atoms with van der Waals surface area (Å²) < 4.78 is 5.63. The fourth-order valence-corrected chi connectivity index (χ4v) is 5.54. The summed E-state index contributed by atoms with van der Waals surface area (Å²) in [5, 5.41) is 6.14. The van der Waals surface area contributed by atoms with Crippen molar-refractivity contribution in [3.63, 3.8) is 0 Å². The third-order valence-electron chi connectivity index (χ3n) is 6.83. The number of nitrogens with zero attached hydrogens (tertiary/aromatic N) is 1. The van der Waals surface area contributed by atoms with Gasteiger partial charge in [-0.3, -0.25) is 29.4 Å². The Hall–Kier alpha value is -2.78. The Labute approximate surface area is 173 Å². The van der Waals surface area contributed by atoms with Crippen molar-refractivity contribution >= 4 is 29.3 Å². The van der Waals surface area contributed by atoms with Crippen molar-refractivity contribution in [2.45, 2.75) is 43.4 Å². The van der Waals surface area contributed by atoms with Crippen LogP contribution < -0.4 is 16.4 Å². The molecule has 30 heavy (non-hydrogen) atoms. The number of benzene rings is 1. The number of para-hydroxylation sites is 1. The lowest BCUT2D eigenvalue weighted by molar-refractivity contribution is -0.144. The molecule has 4 N–H and O–H groups in total. The van der Waals surface area contributed by atoms with Gasteiger partial charge in [0, 0.05) is 30.3 Å². The van der Waals surface area contributed by atoms with Crippen molar-refractivity contribution in [3.8, 4) is 0 Å². The van der Waals surface area contributed by atoms with E-state index in [1.165, 1.54) is 4.90 Å². The van der Waals surface area contributed by atoms with Gasteiger partial charge in [-0.25, -0.2) is 0 Å². The van der Waals surface area contributed by atoms with E-state index < -0.39 is 29.3 Å². The van der Waals surface area contributed by atoms with E-state index in [2.05, 4.69) is 10.6 Å². The summed E-state index contributed by atoms with van der Waals surface area (Å²) in [5.41, 5.74) is 5.28. The molecule has 4 amide bonds. The zero-order valence-electron chi connectivity index (χ0n) is 16.4. The lowest BCUT2D eigenvalue weighted by Crippen LogP contribution is -2.53. The van der Waals surface area contributed by atoms with E-state index in [0.29, 0.717) is 17.9 Å². The van der Waals surface area contributed by atoms with Crippen LogP contribution in [-0.4, -0.2) is 53.8 Å². The van der Waals surface area contributed by atoms with E-state index in [1.807, 2.05) is 0 Å². The first-order valence-corrected chi connectivity index (χ1v) is 10.4. The Morgan fingerprint density at radius 2 is 2.03 bits per heavy atom. The van der Waals surface area contributed by atoms with Crippen molar-refractivity contribution in [1.82, 2.24) is 10.2 Å². The molecule has 0 aromatic heterocycles. The third-order valence-corrected chi connectivity index (χ3v) is 6.83. The number of carbonyl (C=O) groups excluding carboxylic acids is 4. The van der Waals surface area contributed by atoms with E-state index in [4.69, 9.17) is 10.5 Å². The Bertz CT molecular complexity index is 943. The average molecular weight is 412 g/mol. The molecule has 5 rings (SSSR count). The maximum atomic E-state index is 13.5. The van der Waals surface area contributed by atoms with Gasteiger partial charge in [-0.15, -0.1) is 0 Å². The van der Waals surface area contributed by atoms with Gasteiger partial charge < -0.3 is 15.8 Å². The topological polar surface area (TPSA) is 131 Å². The highest BCUT2D eigenvalue weighted by Gasteiger charge is 2.70. The lowest BCUT2D eigenvalue weighted by atomic mass is 9.76. The molecular weight excluding hydrogens is 388 g/mol. The molecule has 9 heteroatoms. The van der Waals surface area contributed by atoms with Gasteiger partial charge in [0.1, 0.15) is 5.54 Å². The Balaban J connectivity index is 1.55. The molecule has 3 saturated heterocycles. The predicted molar refractivity (Wildman–Crippen MR) is 105 cm³/mol. The molecule has 0 saturated carbocycles. The molecule has 0 aliphatic carbocycles. The number of primary amides is 1. The van der Waals surface area contributed by atoms with E-state index in [-0.39, 0.29) is 43.2 Å². The molecule has 1 spiro atoms. The van der Waals surface area contributed by atoms with Crippen molar-refractivity contribution in [2.24, 2.45) is 17.6 Å². The zero-order chi connectivity index (χ0) is 21.0. The monoisotopic (exact) mass is 412 g/mol. The average Bonchev–Trinajstić information content (AvgIpc) is 3.46. The summed E-state index contributed by atoms with van der Waals surface area (Å²) in [7, 11) is 0. The number of anilines is 1. The van der Waals surface area contributed by atoms with Crippen LogP contribution in [-0.2, 0) is 29.5 Å². The molecule has 4 heterocycles. The number of nitrogens with two attached hydrogens (primary N) is 1. The number of hydrogen-bond acceptors (Lipinski definition) is 6. The molecule has 3 fully saturated rings. The summed E-state index contributed by atoms with van der Waals surface area (Å²) >= 11 is 0. The maximum Gasteiger partial charge on any atom is 0.250 e. The zero-order valence-corrected chi connectivity index (χ0v) is 16.4. The highest BCUT2D eigenvalue weighted by Crippen LogP contribution is 2.53. The normalized spacial score (nSPS) is 34.5. The van der Waals surface area contributed by atoms with Crippen molar-refractivity contribution in [3.05, 3.63) is 29.8 Å². The molecule has 4 aliphatic rings. The molecule has 5 atom stereocenters. The summed E-state index contributed by atoms with van der Waals surface area (Å²) in [6, 6.07) is 6.68. The number of amides is 4. The van der Waals surface area contributed by atoms with Crippen LogP contribution in [0.4, 0.5) is 5.69 Å². The minimum Gasteiger partial charge on any atom is -0.376 e. The fourth-order valence-electron chi connectivity index (χ4n) is 5.54. The molecule has 9 nitrogen and oxygen atoms in total. The van der Waals surface area contributed by atoms with Crippen LogP contribution in [0.15, 0.2) is 24.3 Å². The summed E-state index contributed by atoms with van der Waals surface area (Å²) in [5.74, 6) is -3.10. The maximum absolute atomic E-state index is 13.5. The SMILES string of the molecule is NC(=O)CC[C@@H]1N[C@@]2(C(=O)Nc3ccccc32)[C@H]2C(=O)N(CC3CCCO3)C(=O)[C@@H]12. The van der Waals surface area contributed by atoms with Crippen LogP contribution in [0.5, 0.6) is 0 Å². The van der Waals surface area contributed by atoms with Gasteiger partial charge in [0.05, 0.1) is 24.5 Å². The number of imide groups is 1. The number of hydrogen-bond donors (Lipinski definition) is 3. The van der Waals surface area contributed by atoms with Gasteiger partial charge in [0.2, 0.25) is 23.6 Å². The Kier molecular flexibility index (Phi) is 4.41. The van der Waals surface area contributed by atoms with E-state index >= 15 is 0 Å². The number of fused-ring (bicyclic) bond motifs is 4. The summed E-state index contributed by atoms with van der Waals surface area (Å²) in [4.78, 5) is 52.8. The second-order valence-electron chi connectivity index (χ2n) is 8.49. The predicted octanol–water partition coefficient (Wildman–Crippen LogP) is -0.149. The van der Waals surface area contributed by atoms with Crippen LogP contribution in [0.25, 0.3) is 0 Å². The summed E-state index contributed by atoms with van der Waals surface area (Å²) in [6.07, 6.45) is 1.86. The van der Waals surface area contributed by atoms with Gasteiger partial charge in [-0.05, 0) is 25.3 Å². The molecule has 4 aliphatic heterocycles. The lowest BCUT2D eigenvalue weighted by Gasteiger charge is -2.30. The largest absolute Gasteiger partial charge is 0.376 e. The molecule has 1 unspecified atom stereocenters. The number of nitrogens with one attached hydrogen (secondary N) is 2. The van der Waals surface area contributed by atoms with E-state index in [1.54, 1.807) is 24.3 Å². The van der Waals surface area contributed by atoms with Crippen LogP contribution in [0.2, 0.25) is 0 Å². The Morgan fingerprint density at radius 3 is 2.77 bits per heavy atom. The standard InChI is InChI=1S/C21H24N4O5/c22-15(26)8-7-14-16-17(19(28)25(18(16)27)10-11-4-3-9-30-11)21(24-14)12-5-1-2-6-13(12)23-20(21)29/h1-2,5-6,11,14,16-17,24H,3-4,7-10H2,(H2,22,26)(H,23,29)/t11?,14-,16-,17+,21+/m0/s1. The Morgan fingerprint density at radius 1 is 1.23 bits per heavy atom. The van der Waals surface area contributed by atoms with Gasteiger partial charge >= 0.3 is 0 Å². The van der Waals surface area contributed by atoms with E-state index in [0.717, 1.165) is 12.8 Å². The number of carbonyl (C=O) groups is 4. The van der Waals surface area contributed by atoms with Gasteiger partial charge in [-0.2, -0.15) is 0 Å². The highest BCUT2D eigenvalue weighted by atomic mass is 16.5. The third kappa shape index (κ3) is 2.61. The highest BCUT2D eigenvalue weighted by molar-refractivity contribution is 6.15. The van der Waals surface area contributed by atoms with Crippen molar-refractivity contribution in [1.29, 1.82) is 0 Å². The van der Waals surface area contributed by atoms with Crippen LogP contribution >= 0.6 is 0 Å². The van der Waals surface area contributed by atoms with Crippen molar-refractivity contribution in [2.75, 3.05) is 18.5 Å². The first-order chi connectivity index (χ1) is 14.4. The molecule has 1 aromatic rings. The summed E-state index contributed by atoms with van der Waals surface area (Å²) in [6.45, 7) is 0.822. The first-order valence-electron chi connectivity index (χ1n) is 10.4. The van der Waals surface area contributed by atoms with Gasteiger partial charge in [0.15, 0.2) is 0 Å². The van der Waals surface area contributed by atoms with Gasteiger partial charge in [-0.1, -0.05) is 18.2 Å². The smallest absolute Gasteiger partial charge is 0.250 e. The quantitative estimate of drug-likeness (QED) is 0.577. The number of ether oxygens (including phenoxy) is 1. The molecule has 158 valence electrons. The van der Waals surface area contributed by atoms with Crippen molar-refractivity contribution < 1.29 is 23.9 Å². The minimum atomic E-state index is -1.33. The second-order valence-corrected chi connectivity index (χ2v) is 8.49. The van der Waals surface area contributed by atoms with Gasteiger partial charge in [0.25, 0.3) is 0 Å². The molecule has 1 aromatic carbocycles. The number of likely N-dealkylation sites (tertiary alicyclic amines) is 1. The molecular formula is C21H24N4O5.